The van der Waals surface area contributed by atoms with E-state index in [1.807, 2.05) is 0 Å². The summed E-state index contributed by atoms with van der Waals surface area (Å²) in [6.07, 6.45) is 1.54. The van der Waals surface area contributed by atoms with Gasteiger partial charge in [0.2, 0.25) is 12.7 Å². The number of nitrogens with zero attached hydrogens (tertiary/aromatic N) is 1. The molecule has 2 amide bonds. The summed E-state index contributed by atoms with van der Waals surface area (Å²) in [7, 11) is 0. The SMILES string of the molecule is Cc1ccc(F)cc1NC(=O)c1cccnc1SCC(=O)Nc1ccc2c(c1)OCO2. The first-order valence-corrected chi connectivity index (χ1v) is 10.3. The lowest BCUT2D eigenvalue weighted by Gasteiger charge is -2.11. The van der Waals surface area contributed by atoms with Crippen molar-refractivity contribution in [2.24, 2.45) is 0 Å². The number of nitrogens with one attached hydrogen (secondary N) is 2. The second-order valence-electron chi connectivity index (χ2n) is 6.67. The summed E-state index contributed by atoms with van der Waals surface area (Å²) in [6.45, 7) is 1.93. The van der Waals surface area contributed by atoms with Crippen molar-refractivity contribution in [3.8, 4) is 11.5 Å². The third-order valence-corrected chi connectivity index (χ3v) is 5.47. The predicted octanol–water partition coefficient (Wildman–Crippen LogP) is 4.24. The average molecular weight is 439 g/mol. The Morgan fingerprint density at radius 2 is 1.94 bits per heavy atom. The second kappa shape index (κ2) is 9.05. The molecule has 3 aromatic rings. The molecule has 0 atom stereocenters. The summed E-state index contributed by atoms with van der Waals surface area (Å²) in [5.74, 6) is 0.112. The van der Waals surface area contributed by atoms with Crippen LogP contribution in [0.25, 0.3) is 0 Å². The minimum atomic E-state index is -0.443. The topological polar surface area (TPSA) is 89.6 Å². The van der Waals surface area contributed by atoms with Crippen molar-refractivity contribution >= 4 is 35.0 Å². The van der Waals surface area contributed by atoms with Crippen LogP contribution < -0.4 is 20.1 Å². The van der Waals surface area contributed by atoms with Gasteiger partial charge in [-0.15, -0.1) is 0 Å². The van der Waals surface area contributed by atoms with Gasteiger partial charge in [-0.2, -0.15) is 0 Å². The Morgan fingerprint density at radius 3 is 2.81 bits per heavy atom. The smallest absolute Gasteiger partial charge is 0.258 e. The van der Waals surface area contributed by atoms with E-state index in [9.17, 15) is 14.0 Å². The highest BCUT2D eigenvalue weighted by Gasteiger charge is 2.17. The standard InChI is InChI=1S/C22H18FN3O4S/c1-13-4-5-14(23)9-17(13)26-21(28)16-3-2-8-24-22(16)31-11-20(27)25-15-6-7-18-19(10-15)30-12-29-18/h2-10H,11-12H2,1H3,(H,25,27)(H,26,28). The van der Waals surface area contributed by atoms with E-state index in [0.717, 1.165) is 17.3 Å². The maximum Gasteiger partial charge on any atom is 0.258 e. The van der Waals surface area contributed by atoms with E-state index in [1.165, 1.54) is 12.1 Å². The number of aromatic nitrogens is 1. The number of benzene rings is 2. The number of thioether (sulfide) groups is 1. The van der Waals surface area contributed by atoms with Gasteiger partial charge in [0.25, 0.3) is 5.91 Å². The first kappa shape index (κ1) is 20.7. The van der Waals surface area contributed by atoms with Crippen LogP contribution in [0, 0.1) is 12.7 Å². The number of carbonyl (C=O) groups excluding carboxylic acids is 2. The lowest BCUT2D eigenvalue weighted by Crippen LogP contribution is -2.17. The molecule has 0 aliphatic carbocycles. The number of fused-ring (bicyclic) bond motifs is 1. The lowest BCUT2D eigenvalue weighted by molar-refractivity contribution is -0.113. The van der Waals surface area contributed by atoms with Gasteiger partial charge in [0.05, 0.1) is 11.3 Å². The Balaban J connectivity index is 1.40. The molecule has 158 valence electrons. The summed E-state index contributed by atoms with van der Waals surface area (Å²) in [6, 6.07) is 12.5. The second-order valence-corrected chi connectivity index (χ2v) is 7.64. The van der Waals surface area contributed by atoms with Gasteiger partial charge in [-0.05, 0) is 48.9 Å². The highest BCUT2D eigenvalue weighted by atomic mass is 32.2. The fourth-order valence-corrected chi connectivity index (χ4v) is 3.69. The normalized spacial score (nSPS) is 11.8. The first-order valence-electron chi connectivity index (χ1n) is 9.34. The van der Waals surface area contributed by atoms with E-state index >= 15 is 0 Å². The molecule has 2 aromatic carbocycles. The monoisotopic (exact) mass is 439 g/mol. The van der Waals surface area contributed by atoms with E-state index in [-0.39, 0.29) is 18.5 Å². The molecule has 31 heavy (non-hydrogen) atoms. The molecule has 0 bridgehead atoms. The molecule has 2 N–H and O–H groups in total. The molecular weight excluding hydrogens is 421 g/mol. The van der Waals surface area contributed by atoms with E-state index < -0.39 is 11.7 Å². The number of carbonyl (C=O) groups is 2. The number of ether oxygens (including phenoxy) is 2. The molecule has 0 spiro atoms. The zero-order valence-corrected chi connectivity index (χ0v) is 17.3. The van der Waals surface area contributed by atoms with Gasteiger partial charge in [0.1, 0.15) is 10.8 Å². The third-order valence-electron chi connectivity index (χ3n) is 4.46. The van der Waals surface area contributed by atoms with Crippen LogP contribution in [0.4, 0.5) is 15.8 Å². The molecule has 0 radical (unpaired) electrons. The largest absolute Gasteiger partial charge is 0.454 e. The van der Waals surface area contributed by atoms with Crippen LogP contribution in [0.15, 0.2) is 59.8 Å². The van der Waals surface area contributed by atoms with Gasteiger partial charge >= 0.3 is 0 Å². The summed E-state index contributed by atoms with van der Waals surface area (Å²) in [4.78, 5) is 29.3. The molecule has 0 fully saturated rings. The van der Waals surface area contributed by atoms with Crippen LogP contribution in [-0.4, -0.2) is 29.3 Å². The Bertz CT molecular complexity index is 1160. The summed E-state index contributed by atoms with van der Waals surface area (Å²) in [5.41, 5.74) is 1.99. The van der Waals surface area contributed by atoms with Crippen molar-refractivity contribution in [1.29, 1.82) is 0 Å². The highest BCUT2D eigenvalue weighted by molar-refractivity contribution is 8.00. The molecule has 2 heterocycles. The highest BCUT2D eigenvalue weighted by Crippen LogP contribution is 2.34. The number of hydrogen-bond donors (Lipinski definition) is 2. The molecule has 4 rings (SSSR count). The molecular formula is C22H18FN3O4S. The number of aryl methyl sites for hydroxylation is 1. The summed E-state index contributed by atoms with van der Waals surface area (Å²) < 4.78 is 24.1. The van der Waals surface area contributed by atoms with E-state index in [0.29, 0.717) is 33.5 Å². The average Bonchev–Trinajstić information content (AvgIpc) is 3.23. The van der Waals surface area contributed by atoms with E-state index in [2.05, 4.69) is 15.6 Å². The van der Waals surface area contributed by atoms with Gasteiger partial charge in [-0.1, -0.05) is 17.8 Å². The minimum Gasteiger partial charge on any atom is -0.454 e. The van der Waals surface area contributed by atoms with Gasteiger partial charge in [0.15, 0.2) is 11.5 Å². The number of halogens is 1. The van der Waals surface area contributed by atoms with Crippen molar-refractivity contribution in [2.45, 2.75) is 11.9 Å². The molecule has 1 aliphatic rings. The number of rotatable bonds is 6. The van der Waals surface area contributed by atoms with Gasteiger partial charge in [-0.25, -0.2) is 9.37 Å². The molecule has 0 saturated heterocycles. The molecule has 0 saturated carbocycles. The van der Waals surface area contributed by atoms with Crippen LogP contribution in [0.3, 0.4) is 0 Å². The zero-order valence-electron chi connectivity index (χ0n) is 16.5. The number of pyridine rings is 1. The predicted molar refractivity (Wildman–Crippen MR) is 115 cm³/mol. The van der Waals surface area contributed by atoms with Crippen LogP contribution in [0.5, 0.6) is 11.5 Å². The van der Waals surface area contributed by atoms with Crippen molar-refractivity contribution < 1.29 is 23.5 Å². The fourth-order valence-electron chi connectivity index (χ4n) is 2.90. The summed E-state index contributed by atoms with van der Waals surface area (Å²) in [5, 5.41) is 5.88. The lowest BCUT2D eigenvalue weighted by atomic mass is 10.2. The Kier molecular flexibility index (Phi) is 6.03. The maximum absolute atomic E-state index is 13.5. The van der Waals surface area contributed by atoms with Gasteiger partial charge in [0, 0.05) is 23.6 Å². The van der Waals surface area contributed by atoms with Crippen molar-refractivity contribution in [3.05, 3.63) is 71.7 Å². The number of hydrogen-bond acceptors (Lipinski definition) is 6. The summed E-state index contributed by atoms with van der Waals surface area (Å²) >= 11 is 1.13. The third kappa shape index (κ3) is 4.95. The van der Waals surface area contributed by atoms with Crippen molar-refractivity contribution in [1.82, 2.24) is 4.98 Å². The Hall–Kier alpha value is -3.59. The maximum atomic E-state index is 13.5. The van der Waals surface area contributed by atoms with E-state index in [1.54, 1.807) is 49.5 Å². The molecule has 1 aliphatic heterocycles. The zero-order chi connectivity index (χ0) is 21.8. The van der Waals surface area contributed by atoms with Crippen molar-refractivity contribution in [2.75, 3.05) is 23.2 Å². The minimum absolute atomic E-state index is 0.0464. The van der Waals surface area contributed by atoms with Crippen molar-refractivity contribution in [3.63, 3.8) is 0 Å². The van der Waals surface area contributed by atoms with Gasteiger partial charge < -0.3 is 20.1 Å². The first-order chi connectivity index (χ1) is 15.0. The molecule has 0 unspecified atom stereocenters. The Labute approximate surface area is 182 Å². The van der Waals surface area contributed by atoms with Gasteiger partial charge in [-0.3, -0.25) is 9.59 Å². The fraction of sp³-hybridized carbons (Fsp3) is 0.136. The molecule has 7 nitrogen and oxygen atoms in total. The van der Waals surface area contributed by atoms with Crippen LogP contribution in [0.2, 0.25) is 0 Å². The number of anilines is 2. The van der Waals surface area contributed by atoms with Crippen LogP contribution >= 0.6 is 11.8 Å². The van der Waals surface area contributed by atoms with E-state index in [4.69, 9.17) is 9.47 Å². The molecule has 1 aromatic heterocycles. The Morgan fingerprint density at radius 1 is 1.10 bits per heavy atom. The van der Waals surface area contributed by atoms with Crippen LogP contribution in [0.1, 0.15) is 15.9 Å². The van der Waals surface area contributed by atoms with Crippen LogP contribution in [-0.2, 0) is 4.79 Å². The quantitative estimate of drug-likeness (QED) is 0.559. The number of amides is 2. The molecule has 9 heteroatoms.